The summed E-state index contributed by atoms with van der Waals surface area (Å²) >= 11 is 5.30. The van der Waals surface area contributed by atoms with Crippen molar-refractivity contribution in [3.63, 3.8) is 0 Å². The monoisotopic (exact) mass is 561 g/mol. The van der Waals surface area contributed by atoms with Crippen molar-refractivity contribution in [2.24, 2.45) is 11.8 Å². The maximum absolute atomic E-state index is 7.01. The Hall–Kier alpha value is 2.07. The first-order chi connectivity index (χ1) is 5.29. The summed E-state index contributed by atoms with van der Waals surface area (Å²) in [5, 5.41) is 0. The van der Waals surface area contributed by atoms with Crippen LogP contribution in [0.3, 0.4) is 0 Å². The number of nitrogens with one attached hydrogen (secondary N) is 2. The fourth-order valence-corrected chi connectivity index (χ4v) is 1.18. The van der Waals surface area contributed by atoms with Crippen LogP contribution in [0.5, 0.6) is 0 Å². The van der Waals surface area contributed by atoms with Crippen molar-refractivity contribution in [3.05, 3.63) is 11.5 Å². The van der Waals surface area contributed by atoms with Crippen molar-refractivity contribution in [2.75, 3.05) is 13.1 Å². The van der Waals surface area contributed by atoms with E-state index in [1.165, 1.54) is 12.8 Å². The van der Waals surface area contributed by atoms with E-state index in [4.69, 9.17) is 11.5 Å². The summed E-state index contributed by atoms with van der Waals surface area (Å²) < 4.78 is 0. The van der Waals surface area contributed by atoms with Gasteiger partial charge in [-0.25, -0.2) is 0 Å². The Morgan fingerprint density at radius 2 is 1.36 bits per heavy atom. The Morgan fingerprint density at radius 3 is 1.45 bits per heavy atom. The van der Waals surface area contributed by atoms with Crippen LogP contribution in [0.15, 0.2) is 0 Å². The molecule has 11 heavy (non-hydrogen) atoms. The maximum atomic E-state index is 7.01. The van der Waals surface area contributed by atoms with Gasteiger partial charge in [0.05, 0.1) is 0 Å². The zero-order chi connectivity index (χ0) is 8.69. The van der Waals surface area contributed by atoms with Crippen LogP contribution >= 0.6 is 38.7 Å². The van der Waals surface area contributed by atoms with Crippen molar-refractivity contribution >= 4 is 38.7 Å². The van der Waals surface area contributed by atoms with Gasteiger partial charge < -0.3 is 11.5 Å². The van der Waals surface area contributed by atoms with Crippen molar-refractivity contribution in [1.82, 2.24) is 0 Å². The van der Waals surface area contributed by atoms with Crippen LogP contribution in [0.1, 0.15) is 12.8 Å². The van der Waals surface area contributed by atoms with Crippen LogP contribution in [-0.4, -0.2) is 13.1 Å². The zero-order valence-corrected chi connectivity index (χ0v) is 12.6. The quantitative estimate of drug-likeness (QED) is 0.460. The summed E-state index contributed by atoms with van der Waals surface area (Å²) in [6.45, 7) is 1.09. The maximum Gasteiger partial charge on any atom is -0.0517 e. The Morgan fingerprint density at radius 1 is 1.09 bits per heavy atom. The largest absolute Gasteiger partial charge is 0.677 e. The van der Waals surface area contributed by atoms with Crippen molar-refractivity contribution in [2.45, 2.75) is 12.8 Å². The van der Waals surface area contributed by atoms with E-state index in [0.29, 0.717) is 36.1 Å². The molecule has 1 rings (SSSR count). The van der Waals surface area contributed by atoms with Gasteiger partial charge in [-0.3, -0.25) is 0 Å². The van der Waals surface area contributed by atoms with Crippen molar-refractivity contribution in [3.8, 4) is 0 Å². The fraction of sp³-hybridized carbons (Fsp3) is 1.00. The molecule has 5 heteroatoms. The van der Waals surface area contributed by atoms with Crippen LogP contribution in [-0.2, 0) is 11.2 Å². The molecule has 0 aromatic carbocycles. The molecule has 0 aromatic heterocycles. The molecule has 2 nitrogen and oxygen atoms in total. The Labute approximate surface area is 97.8 Å². The summed E-state index contributed by atoms with van der Waals surface area (Å²) in [6, 6.07) is 0. The Kier molecular flexibility index (Phi) is 10.3. The third-order valence-electron chi connectivity index (χ3n) is 2.10. The van der Waals surface area contributed by atoms with Crippen LogP contribution < -0.4 is 0 Å². The number of hydrogen-bond donors (Lipinski definition) is 0. The van der Waals surface area contributed by atoms with Crippen LogP contribution in [0.25, 0.3) is 11.5 Å². The van der Waals surface area contributed by atoms with E-state index in [-0.39, 0.29) is 0 Å². The molecule has 1 saturated carbocycles. The molecule has 0 amide bonds. The number of rotatable bonds is 2. The van der Waals surface area contributed by atoms with E-state index < -0.39 is 0 Å². The van der Waals surface area contributed by atoms with Crippen molar-refractivity contribution < 1.29 is 11.2 Å². The van der Waals surface area contributed by atoms with Gasteiger partial charge in [-0.2, -0.15) is 0 Å². The van der Waals surface area contributed by atoms with E-state index in [9.17, 15) is 0 Å². The molecule has 0 spiro atoms. The van der Waals surface area contributed by atoms with Gasteiger partial charge in [-0.05, 0) is 0 Å². The second-order valence-corrected chi connectivity index (χ2v) is 19.1. The normalized spacial score (nSPS) is 28.7. The molecule has 2 atom stereocenters. The molecule has 0 aliphatic heterocycles. The second kappa shape index (κ2) is 8.66. The van der Waals surface area contributed by atoms with Gasteiger partial charge in [0.1, 0.15) is 0 Å². The number of hydrogen-bond acceptors (Lipinski definition) is 0. The summed E-state index contributed by atoms with van der Waals surface area (Å²) in [4.78, 5) is 0. The fourth-order valence-electron chi connectivity index (χ4n) is 1.18. The first kappa shape index (κ1) is 13.1. The summed E-state index contributed by atoms with van der Waals surface area (Å²) in [7, 11) is 0. The minimum atomic E-state index is 0.523. The standard InChI is InChI=1S/C6H12N2.2HI.Pt/c7-3-5-1-2-6(5)4-8;;;/h5-8H,1-4H2;2*1H;/q-2;;;+4/p-2/t5-,6-;;;/m0.../s1. The second-order valence-electron chi connectivity index (χ2n) is 2.55. The predicted molar refractivity (Wildman–Crippen MR) is 62.6 cm³/mol. The smallest absolute Gasteiger partial charge is 0.0517 e. The van der Waals surface area contributed by atoms with E-state index in [2.05, 4.69) is 38.7 Å². The predicted octanol–water partition coefficient (Wildman–Crippen LogP) is 3.89. The average Bonchev–Trinajstić information content (AvgIpc) is 1.89. The molecule has 0 radical (unpaired) electrons. The van der Waals surface area contributed by atoms with Gasteiger partial charge in [0.15, 0.2) is 0 Å². The number of halogens is 2. The van der Waals surface area contributed by atoms with Gasteiger partial charge in [0.2, 0.25) is 0 Å². The summed E-state index contributed by atoms with van der Waals surface area (Å²) in [5.41, 5.74) is 14.0. The average molecular weight is 561 g/mol. The van der Waals surface area contributed by atoms with Gasteiger partial charge in [0.25, 0.3) is 0 Å². The molecule has 2 N–H and O–H groups in total. The van der Waals surface area contributed by atoms with E-state index in [0.717, 1.165) is 0 Å². The molecule has 1 aliphatic rings. The van der Waals surface area contributed by atoms with Crippen LogP contribution in [0, 0.1) is 11.8 Å². The van der Waals surface area contributed by atoms with Crippen LogP contribution in [0.4, 0.5) is 0 Å². The SMILES string of the molecule is [I][Pt+2][I].[NH-]C[C@@H]1CC[C@H]1C[NH-]. The molecule has 1 fully saturated rings. The van der Waals surface area contributed by atoms with Crippen LogP contribution in [0.2, 0.25) is 0 Å². The summed E-state index contributed by atoms with van der Waals surface area (Å²) in [5.74, 6) is 1.15. The molecule has 0 saturated heterocycles. The molecule has 0 unspecified atom stereocenters. The minimum absolute atomic E-state index is 0.523. The van der Waals surface area contributed by atoms with Crippen molar-refractivity contribution in [1.29, 1.82) is 0 Å². The van der Waals surface area contributed by atoms with Gasteiger partial charge >= 0.3 is 49.9 Å². The zero-order valence-electron chi connectivity index (χ0n) is 6.06. The molecule has 0 aromatic rings. The molecular weight excluding hydrogens is 549 g/mol. The Balaban J connectivity index is 0.000000292. The first-order valence-electron chi connectivity index (χ1n) is 3.41. The van der Waals surface area contributed by atoms with Gasteiger partial charge in [0, 0.05) is 0 Å². The molecule has 0 bridgehead atoms. The Bertz CT molecular complexity index is 80.7. The van der Waals surface area contributed by atoms with E-state index >= 15 is 0 Å². The van der Waals surface area contributed by atoms with Gasteiger partial charge in [-0.1, -0.05) is 24.7 Å². The van der Waals surface area contributed by atoms with E-state index in [1.807, 2.05) is 0 Å². The topological polar surface area (TPSA) is 47.6 Å². The first-order valence-corrected chi connectivity index (χ1v) is 16.3. The molecule has 70 valence electrons. The minimum Gasteiger partial charge on any atom is -0.677 e. The third-order valence-corrected chi connectivity index (χ3v) is 2.10. The molecule has 0 heterocycles. The van der Waals surface area contributed by atoms with E-state index in [1.54, 1.807) is 0 Å². The molecule has 1 aliphatic carbocycles. The third kappa shape index (κ3) is 5.39. The van der Waals surface area contributed by atoms with Gasteiger partial charge in [-0.15, -0.1) is 13.1 Å². The summed E-state index contributed by atoms with van der Waals surface area (Å²) in [6.07, 6.45) is 2.40. The molecular formula is C6H12I2N2Pt.